The lowest BCUT2D eigenvalue weighted by atomic mass is 10.1. The van der Waals surface area contributed by atoms with Crippen LogP contribution in [0.4, 0.5) is 4.79 Å². The van der Waals surface area contributed by atoms with Gasteiger partial charge in [0, 0.05) is 27.7 Å². The summed E-state index contributed by atoms with van der Waals surface area (Å²) in [6, 6.07) is 6.07. The number of ether oxygens (including phenoxy) is 1. The Morgan fingerprint density at radius 3 is 2.76 bits per heavy atom. The summed E-state index contributed by atoms with van der Waals surface area (Å²) in [5.74, 6) is 0. The van der Waals surface area contributed by atoms with Crippen LogP contribution in [0.5, 0.6) is 0 Å². The highest BCUT2D eigenvalue weighted by atomic mass is 32.1. The summed E-state index contributed by atoms with van der Waals surface area (Å²) < 4.78 is 5.21. The molecular formula is C16H20N2O2S. The maximum atomic E-state index is 11.6. The van der Waals surface area contributed by atoms with Crippen LogP contribution in [-0.2, 0) is 11.3 Å². The third-order valence-electron chi connectivity index (χ3n) is 2.77. The molecule has 4 nitrogen and oxygen atoms in total. The highest BCUT2D eigenvalue weighted by molar-refractivity contribution is 7.15. The summed E-state index contributed by atoms with van der Waals surface area (Å²) in [5.41, 5.74) is 1.85. The second kappa shape index (κ2) is 6.26. The number of pyridine rings is 1. The van der Waals surface area contributed by atoms with E-state index in [1.807, 2.05) is 39.1 Å². The van der Waals surface area contributed by atoms with Gasteiger partial charge in [0.05, 0.1) is 6.54 Å². The number of nitrogens with one attached hydrogen (secondary N) is 1. The number of amides is 1. The number of carbonyl (C=O) groups excluding carboxylic acids is 1. The van der Waals surface area contributed by atoms with Gasteiger partial charge in [-0.15, -0.1) is 11.3 Å². The predicted octanol–water partition coefficient (Wildman–Crippen LogP) is 4.14. The van der Waals surface area contributed by atoms with Crippen molar-refractivity contribution in [3.63, 3.8) is 0 Å². The Morgan fingerprint density at radius 1 is 1.33 bits per heavy atom. The first-order valence-corrected chi connectivity index (χ1v) is 7.63. The van der Waals surface area contributed by atoms with E-state index in [2.05, 4.69) is 23.3 Å². The van der Waals surface area contributed by atoms with E-state index in [1.165, 1.54) is 5.56 Å². The van der Waals surface area contributed by atoms with Crippen molar-refractivity contribution in [1.82, 2.24) is 10.3 Å². The second-order valence-corrected chi connectivity index (χ2v) is 6.98. The fraction of sp³-hybridized carbons (Fsp3) is 0.375. The van der Waals surface area contributed by atoms with Crippen molar-refractivity contribution in [2.45, 2.75) is 39.8 Å². The topological polar surface area (TPSA) is 51.2 Å². The Kier molecular flexibility index (Phi) is 4.63. The highest BCUT2D eigenvalue weighted by Gasteiger charge is 2.16. The third kappa shape index (κ3) is 4.56. The van der Waals surface area contributed by atoms with Crippen LogP contribution in [0.3, 0.4) is 0 Å². The number of hydrogen-bond acceptors (Lipinski definition) is 4. The first-order chi connectivity index (χ1) is 9.85. The fourth-order valence-electron chi connectivity index (χ4n) is 1.81. The lowest BCUT2D eigenvalue weighted by molar-refractivity contribution is 0.0524. The van der Waals surface area contributed by atoms with Gasteiger partial charge in [-0.05, 0) is 51.5 Å². The first-order valence-electron chi connectivity index (χ1n) is 6.82. The minimum atomic E-state index is -0.475. The van der Waals surface area contributed by atoms with Crippen LogP contribution in [-0.4, -0.2) is 16.7 Å². The number of alkyl carbamates (subject to hydrolysis) is 1. The van der Waals surface area contributed by atoms with Gasteiger partial charge < -0.3 is 10.1 Å². The molecule has 2 rings (SSSR count). The minimum Gasteiger partial charge on any atom is -0.444 e. The van der Waals surface area contributed by atoms with Crippen LogP contribution < -0.4 is 5.32 Å². The van der Waals surface area contributed by atoms with Crippen molar-refractivity contribution < 1.29 is 9.53 Å². The van der Waals surface area contributed by atoms with Gasteiger partial charge >= 0.3 is 6.09 Å². The number of nitrogens with zero attached hydrogens (tertiary/aromatic N) is 1. The summed E-state index contributed by atoms with van der Waals surface area (Å²) in [5, 5.41) is 2.77. The molecule has 1 N–H and O–H groups in total. The molecule has 0 spiro atoms. The normalized spacial score (nSPS) is 11.2. The summed E-state index contributed by atoms with van der Waals surface area (Å²) >= 11 is 1.65. The van der Waals surface area contributed by atoms with E-state index in [0.717, 1.165) is 15.3 Å². The Bertz CT molecular complexity index is 629. The molecule has 0 saturated carbocycles. The number of carbonyl (C=O) groups is 1. The number of aryl methyl sites for hydroxylation is 1. The zero-order valence-corrected chi connectivity index (χ0v) is 13.6. The number of aromatic nitrogens is 1. The van der Waals surface area contributed by atoms with Crippen molar-refractivity contribution in [2.24, 2.45) is 0 Å². The predicted molar refractivity (Wildman–Crippen MR) is 85.4 cm³/mol. The number of hydrogen-bond donors (Lipinski definition) is 1. The Labute approximate surface area is 129 Å². The average molecular weight is 304 g/mol. The molecule has 0 fully saturated rings. The first kappa shape index (κ1) is 15.5. The molecule has 0 aliphatic rings. The van der Waals surface area contributed by atoms with E-state index < -0.39 is 11.7 Å². The van der Waals surface area contributed by atoms with Crippen molar-refractivity contribution in [3.8, 4) is 10.4 Å². The standard InChI is InChI=1S/C16H20N2O2S/c1-11-7-8-17-10-13(11)14-6-5-12(21-14)9-18-15(19)20-16(2,3)4/h5-8,10H,9H2,1-4H3,(H,18,19). The molecule has 2 aromatic rings. The molecule has 112 valence electrons. The van der Waals surface area contributed by atoms with Gasteiger partial charge in [0.1, 0.15) is 5.60 Å². The fourth-order valence-corrected chi connectivity index (χ4v) is 2.84. The van der Waals surface area contributed by atoms with E-state index in [9.17, 15) is 4.79 Å². The molecule has 0 saturated heterocycles. The third-order valence-corrected chi connectivity index (χ3v) is 3.89. The van der Waals surface area contributed by atoms with Gasteiger partial charge in [-0.3, -0.25) is 4.98 Å². The molecule has 0 radical (unpaired) electrons. The molecule has 0 aliphatic carbocycles. The van der Waals surface area contributed by atoms with Gasteiger partial charge in [0.25, 0.3) is 0 Å². The molecule has 2 aromatic heterocycles. The summed E-state index contributed by atoms with van der Waals surface area (Å²) in [7, 11) is 0. The molecule has 0 unspecified atom stereocenters. The van der Waals surface area contributed by atoms with Crippen LogP contribution in [0.25, 0.3) is 10.4 Å². The van der Waals surface area contributed by atoms with Crippen LogP contribution in [0.2, 0.25) is 0 Å². The lowest BCUT2D eigenvalue weighted by Crippen LogP contribution is -2.31. The molecule has 1 amide bonds. The lowest BCUT2D eigenvalue weighted by Gasteiger charge is -2.19. The van der Waals surface area contributed by atoms with Gasteiger partial charge in [-0.25, -0.2) is 4.79 Å². The highest BCUT2D eigenvalue weighted by Crippen LogP contribution is 2.29. The smallest absolute Gasteiger partial charge is 0.407 e. The average Bonchev–Trinajstić information content (AvgIpc) is 2.83. The van der Waals surface area contributed by atoms with Gasteiger partial charge in [-0.2, -0.15) is 0 Å². The van der Waals surface area contributed by atoms with E-state index in [0.29, 0.717) is 6.54 Å². The maximum Gasteiger partial charge on any atom is 0.407 e. The van der Waals surface area contributed by atoms with Gasteiger partial charge in [0.2, 0.25) is 0 Å². The molecular weight excluding hydrogens is 284 g/mol. The zero-order chi connectivity index (χ0) is 15.5. The second-order valence-electron chi connectivity index (χ2n) is 5.81. The SMILES string of the molecule is Cc1ccncc1-c1ccc(CNC(=O)OC(C)(C)C)s1. The number of thiophene rings is 1. The molecule has 0 aliphatic heterocycles. The Morgan fingerprint density at radius 2 is 2.10 bits per heavy atom. The molecule has 5 heteroatoms. The van der Waals surface area contributed by atoms with Crippen molar-refractivity contribution >= 4 is 17.4 Å². The molecule has 0 atom stereocenters. The molecule has 21 heavy (non-hydrogen) atoms. The minimum absolute atomic E-state index is 0.394. The molecule has 2 heterocycles. The van der Waals surface area contributed by atoms with Crippen molar-refractivity contribution in [1.29, 1.82) is 0 Å². The van der Waals surface area contributed by atoms with E-state index in [-0.39, 0.29) is 0 Å². The van der Waals surface area contributed by atoms with Crippen LogP contribution in [0.15, 0.2) is 30.6 Å². The quantitative estimate of drug-likeness (QED) is 0.927. The monoisotopic (exact) mass is 304 g/mol. The van der Waals surface area contributed by atoms with Gasteiger partial charge in [0.15, 0.2) is 0 Å². The van der Waals surface area contributed by atoms with Crippen LogP contribution in [0.1, 0.15) is 31.2 Å². The summed E-state index contributed by atoms with van der Waals surface area (Å²) in [4.78, 5) is 18.0. The largest absolute Gasteiger partial charge is 0.444 e. The van der Waals surface area contributed by atoms with Gasteiger partial charge in [-0.1, -0.05) is 0 Å². The summed E-state index contributed by atoms with van der Waals surface area (Å²) in [6.07, 6.45) is 3.26. The van der Waals surface area contributed by atoms with Crippen LogP contribution >= 0.6 is 11.3 Å². The van der Waals surface area contributed by atoms with Crippen molar-refractivity contribution in [3.05, 3.63) is 41.0 Å². The zero-order valence-electron chi connectivity index (χ0n) is 12.8. The Balaban J connectivity index is 1.98. The van der Waals surface area contributed by atoms with Crippen LogP contribution in [0, 0.1) is 6.92 Å². The van der Waals surface area contributed by atoms with Crippen molar-refractivity contribution in [2.75, 3.05) is 0 Å². The van der Waals surface area contributed by atoms with E-state index >= 15 is 0 Å². The van der Waals surface area contributed by atoms with E-state index in [4.69, 9.17) is 4.74 Å². The Hall–Kier alpha value is -1.88. The number of rotatable bonds is 3. The van der Waals surface area contributed by atoms with E-state index in [1.54, 1.807) is 17.5 Å². The molecule has 0 bridgehead atoms. The maximum absolute atomic E-state index is 11.6. The molecule has 0 aromatic carbocycles. The summed E-state index contributed by atoms with van der Waals surface area (Å²) in [6.45, 7) is 8.08.